The fourth-order valence-corrected chi connectivity index (χ4v) is 1.98. The minimum absolute atomic E-state index is 0.0631. The third-order valence-corrected chi connectivity index (χ3v) is 2.97. The molecule has 2 N–H and O–H groups in total. The standard InChI is InChI=1S/C12H12ClFN2O2/c1-6(17)15-8-4-9(11(14)10(13)5-8)12(16-18)7-2-3-7/h4-5,7,18H,2-3H2,1H3,(H,15,17)/b16-12-. The van der Waals surface area contributed by atoms with Gasteiger partial charge in [0.05, 0.1) is 10.7 Å². The first kappa shape index (κ1) is 12.8. The third-order valence-electron chi connectivity index (χ3n) is 2.70. The molecule has 0 saturated heterocycles. The molecule has 1 aliphatic rings. The van der Waals surface area contributed by atoms with Gasteiger partial charge in [-0.2, -0.15) is 0 Å². The number of hydrogen-bond donors (Lipinski definition) is 2. The molecule has 0 atom stereocenters. The summed E-state index contributed by atoms with van der Waals surface area (Å²) in [5.41, 5.74) is 0.795. The Morgan fingerprint density at radius 2 is 2.22 bits per heavy atom. The lowest BCUT2D eigenvalue weighted by molar-refractivity contribution is -0.114. The number of rotatable bonds is 3. The molecule has 0 spiro atoms. The molecule has 1 fully saturated rings. The van der Waals surface area contributed by atoms with Gasteiger partial charge >= 0.3 is 0 Å². The first-order chi connectivity index (χ1) is 8.52. The van der Waals surface area contributed by atoms with Gasteiger partial charge in [0, 0.05) is 24.1 Å². The third kappa shape index (κ3) is 2.61. The van der Waals surface area contributed by atoms with E-state index in [1.165, 1.54) is 19.1 Å². The second-order valence-electron chi connectivity index (χ2n) is 4.26. The molecule has 1 amide bonds. The SMILES string of the molecule is CC(=O)Nc1cc(Cl)c(F)c(/C(=N\O)C2CC2)c1. The first-order valence-electron chi connectivity index (χ1n) is 5.52. The Kier molecular flexibility index (Phi) is 3.52. The quantitative estimate of drug-likeness (QED) is 0.504. The minimum Gasteiger partial charge on any atom is -0.411 e. The normalized spacial score (nSPS) is 15.6. The number of benzene rings is 1. The zero-order valence-electron chi connectivity index (χ0n) is 9.70. The van der Waals surface area contributed by atoms with Crippen LogP contribution in [-0.4, -0.2) is 16.8 Å². The van der Waals surface area contributed by atoms with E-state index >= 15 is 0 Å². The average molecular weight is 271 g/mol. The number of hydrogen-bond acceptors (Lipinski definition) is 3. The van der Waals surface area contributed by atoms with Crippen molar-refractivity contribution in [3.63, 3.8) is 0 Å². The van der Waals surface area contributed by atoms with Crippen molar-refractivity contribution >= 4 is 28.9 Å². The van der Waals surface area contributed by atoms with Crippen molar-refractivity contribution in [2.24, 2.45) is 11.1 Å². The number of nitrogens with one attached hydrogen (secondary N) is 1. The van der Waals surface area contributed by atoms with Gasteiger partial charge in [0.25, 0.3) is 0 Å². The monoisotopic (exact) mass is 270 g/mol. The van der Waals surface area contributed by atoms with Crippen LogP contribution in [0.2, 0.25) is 5.02 Å². The Bertz CT molecular complexity index is 527. The molecule has 0 radical (unpaired) electrons. The smallest absolute Gasteiger partial charge is 0.221 e. The maximum absolute atomic E-state index is 13.9. The topological polar surface area (TPSA) is 61.7 Å². The summed E-state index contributed by atoms with van der Waals surface area (Å²) < 4.78 is 13.9. The van der Waals surface area contributed by atoms with E-state index < -0.39 is 5.82 Å². The van der Waals surface area contributed by atoms with Gasteiger partial charge in [-0.3, -0.25) is 4.79 Å². The summed E-state index contributed by atoms with van der Waals surface area (Å²) in [6.45, 7) is 1.35. The molecule has 18 heavy (non-hydrogen) atoms. The van der Waals surface area contributed by atoms with Crippen LogP contribution in [0.1, 0.15) is 25.3 Å². The summed E-state index contributed by atoms with van der Waals surface area (Å²) in [6, 6.07) is 2.75. The molecule has 96 valence electrons. The van der Waals surface area contributed by atoms with Crippen LogP contribution in [0.15, 0.2) is 17.3 Å². The molecular weight excluding hydrogens is 259 g/mol. The molecule has 6 heteroatoms. The Labute approximate surface area is 108 Å². The molecule has 0 unspecified atom stereocenters. The Morgan fingerprint density at radius 3 is 2.72 bits per heavy atom. The van der Waals surface area contributed by atoms with Crippen molar-refractivity contribution in [2.75, 3.05) is 5.32 Å². The van der Waals surface area contributed by atoms with Crippen molar-refractivity contribution in [3.05, 3.63) is 28.5 Å². The van der Waals surface area contributed by atoms with E-state index in [1.54, 1.807) is 0 Å². The molecule has 4 nitrogen and oxygen atoms in total. The molecule has 0 aliphatic heterocycles. The van der Waals surface area contributed by atoms with E-state index in [-0.39, 0.29) is 28.1 Å². The summed E-state index contributed by atoms with van der Waals surface area (Å²) in [6.07, 6.45) is 1.72. The maximum atomic E-state index is 13.9. The Hall–Kier alpha value is -1.62. The molecule has 0 bridgehead atoms. The van der Waals surface area contributed by atoms with Gasteiger partial charge in [-0.15, -0.1) is 0 Å². The summed E-state index contributed by atoms with van der Waals surface area (Å²) in [7, 11) is 0. The highest BCUT2D eigenvalue weighted by atomic mass is 35.5. The van der Waals surface area contributed by atoms with E-state index in [0.29, 0.717) is 5.69 Å². The number of carbonyl (C=O) groups excluding carboxylic acids is 1. The van der Waals surface area contributed by atoms with Gasteiger partial charge in [0.2, 0.25) is 5.91 Å². The van der Waals surface area contributed by atoms with Crippen molar-refractivity contribution in [2.45, 2.75) is 19.8 Å². The van der Waals surface area contributed by atoms with E-state index in [0.717, 1.165) is 12.8 Å². The minimum atomic E-state index is -0.634. The first-order valence-corrected chi connectivity index (χ1v) is 5.89. The van der Waals surface area contributed by atoms with Gasteiger partial charge in [0.15, 0.2) is 5.82 Å². The van der Waals surface area contributed by atoms with Crippen molar-refractivity contribution in [1.29, 1.82) is 0 Å². The largest absolute Gasteiger partial charge is 0.411 e. The molecule has 1 saturated carbocycles. The Balaban J connectivity index is 2.44. The van der Waals surface area contributed by atoms with E-state index in [2.05, 4.69) is 10.5 Å². The summed E-state index contributed by atoms with van der Waals surface area (Å²) in [5.74, 6) is -0.851. The summed E-state index contributed by atoms with van der Waals surface area (Å²) >= 11 is 5.77. The maximum Gasteiger partial charge on any atom is 0.221 e. The molecule has 1 aromatic carbocycles. The number of nitrogens with zero attached hydrogens (tertiary/aromatic N) is 1. The van der Waals surface area contributed by atoms with Crippen LogP contribution in [-0.2, 0) is 4.79 Å². The highest BCUT2D eigenvalue weighted by Gasteiger charge is 2.31. The lowest BCUT2D eigenvalue weighted by Gasteiger charge is -2.10. The second-order valence-corrected chi connectivity index (χ2v) is 4.67. The highest BCUT2D eigenvalue weighted by Crippen LogP contribution is 2.36. The molecule has 2 rings (SSSR count). The predicted octanol–water partition coefficient (Wildman–Crippen LogP) is 3.03. The van der Waals surface area contributed by atoms with Gasteiger partial charge < -0.3 is 10.5 Å². The van der Waals surface area contributed by atoms with Crippen LogP contribution in [0.3, 0.4) is 0 Å². The number of oxime groups is 1. The van der Waals surface area contributed by atoms with E-state index in [1.807, 2.05) is 0 Å². The molecule has 1 aliphatic carbocycles. The van der Waals surface area contributed by atoms with E-state index in [9.17, 15) is 9.18 Å². The second kappa shape index (κ2) is 4.94. The Morgan fingerprint density at radius 1 is 1.56 bits per heavy atom. The molecular formula is C12H12ClFN2O2. The van der Waals surface area contributed by atoms with Crippen LogP contribution < -0.4 is 5.32 Å². The van der Waals surface area contributed by atoms with Gasteiger partial charge in [-0.1, -0.05) is 16.8 Å². The molecule has 1 aromatic rings. The zero-order chi connectivity index (χ0) is 13.3. The number of halogens is 2. The molecule has 0 heterocycles. The van der Waals surface area contributed by atoms with Crippen LogP contribution in [0.5, 0.6) is 0 Å². The van der Waals surface area contributed by atoms with E-state index in [4.69, 9.17) is 16.8 Å². The van der Waals surface area contributed by atoms with Crippen molar-refractivity contribution in [3.8, 4) is 0 Å². The van der Waals surface area contributed by atoms with Crippen LogP contribution >= 0.6 is 11.6 Å². The van der Waals surface area contributed by atoms with Crippen LogP contribution in [0.25, 0.3) is 0 Å². The number of carbonyl (C=O) groups is 1. The summed E-state index contributed by atoms with van der Waals surface area (Å²) in [5, 5.41) is 14.5. The van der Waals surface area contributed by atoms with Crippen LogP contribution in [0.4, 0.5) is 10.1 Å². The van der Waals surface area contributed by atoms with Crippen molar-refractivity contribution < 1.29 is 14.4 Å². The van der Waals surface area contributed by atoms with Crippen molar-refractivity contribution in [1.82, 2.24) is 0 Å². The number of amides is 1. The van der Waals surface area contributed by atoms with Gasteiger partial charge in [-0.25, -0.2) is 4.39 Å². The van der Waals surface area contributed by atoms with Gasteiger partial charge in [-0.05, 0) is 25.0 Å². The number of anilines is 1. The van der Waals surface area contributed by atoms with Gasteiger partial charge in [0.1, 0.15) is 0 Å². The fourth-order valence-electron chi connectivity index (χ4n) is 1.76. The highest BCUT2D eigenvalue weighted by molar-refractivity contribution is 6.31. The lowest BCUT2D eigenvalue weighted by atomic mass is 10.0. The van der Waals surface area contributed by atoms with Crippen LogP contribution in [0, 0.1) is 11.7 Å². The predicted molar refractivity (Wildman–Crippen MR) is 66.8 cm³/mol. The average Bonchev–Trinajstić information content (AvgIpc) is 3.09. The fraction of sp³-hybridized carbons (Fsp3) is 0.333. The molecule has 0 aromatic heterocycles. The zero-order valence-corrected chi connectivity index (χ0v) is 10.5. The lowest BCUT2D eigenvalue weighted by Crippen LogP contribution is -2.11. The summed E-state index contributed by atoms with van der Waals surface area (Å²) in [4.78, 5) is 11.0.